The van der Waals surface area contributed by atoms with E-state index >= 15 is 0 Å². The summed E-state index contributed by atoms with van der Waals surface area (Å²) in [6.45, 7) is 4.49. The number of H-pyrrole nitrogens is 1. The molecule has 2 aliphatic rings. The van der Waals surface area contributed by atoms with E-state index in [0.29, 0.717) is 30.0 Å². The molecule has 3 heterocycles. The number of hydrogen-bond donors (Lipinski definition) is 2. The van der Waals surface area contributed by atoms with Gasteiger partial charge in [-0.1, -0.05) is 36.4 Å². The lowest BCUT2D eigenvalue weighted by atomic mass is 9.98. The molecule has 8 heteroatoms. The number of carbonyl (C=O) groups excluding carboxylic acids is 2. The van der Waals surface area contributed by atoms with Gasteiger partial charge in [-0.25, -0.2) is 0 Å². The topological polar surface area (TPSA) is 92.2 Å². The second kappa shape index (κ2) is 11.1. The maximum absolute atomic E-state index is 12.9. The number of Topliss-reactive ketones (excluding diaryl/α,β-unsaturated/α-hetero) is 1. The van der Waals surface area contributed by atoms with Crippen LogP contribution in [0.2, 0.25) is 0 Å². The van der Waals surface area contributed by atoms with Gasteiger partial charge in [0.05, 0.1) is 24.0 Å². The van der Waals surface area contributed by atoms with Crippen LogP contribution in [0, 0.1) is 0 Å². The number of aromatic amines is 1. The van der Waals surface area contributed by atoms with Crippen molar-refractivity contribution in [2.24, 2.45) is 0 Å². The van der Waals surface area contributed by atoms with Crippen molar-refractivity contribution in [3.63, 3.8) is 0 Å². The Hall–Kier alpha value is -4.43. The Kier molecular flexibility index (Phi) is 7.10. The van der Waals surface area contributed by atoms with Gasteiger partial charge >= 0.3 is 0 Å². The summed E-state index contributed by atoms with van der Waals surface area (Å²) in [7, 11) is 0. The summed E-state index contributed by atoms with van der Waals surface area (Å²) in [6, 6.07) is 17.8. The molecule has 8 nitrogen and oxygen atoms in total. The number of rotatable bonds is 9. The number of nitrogens with zero attached hydrogens (tertiary/aromatic N) is 3. The van der Waals surface area contributed by atoms with Gasteiger partial charge < -0.3 is 15.0 Å². The Morgan fingerprint density at radius 2 is 1.92 bits per heavy atom. The van der Waals surface area contributed by atoms with Gasteiger partial charge in [-0.2, -0.15) is 5.10 Å². The van der Waals surface area contributed by atoms with Crippen LogP contribution in [0.4, 0.5) is 0 Å². The Morgan fingerprint density at radius 3 is 2.77 bits per heavy atom. The van der Waals surface area contributed by atoms with Crippen molar-refractivity contribution in [1.29, 1.82) is 0 Å². The zero-order chi connectivity index (χ0) is 26.6. The van der Waals surface area contributed by atoms with Crippen LogP contribution in [0.1, 0.15) is 40.9 Å². The average molecular weight is 522 g/mol. The molecule has 1 fully saturated rings. The normalized spacial score (nSPS) is 15.8. The van der Waals surface area contributed by atoms with E-state index < -0.39 is 0 Å². The first-order valence-corrected chi connectivity index (χ1v) is 13.4. The van der Waals surface area contributed by atoms with Gasteiger partial charge in [-0.3, -0.25) is 19.2 Å². The van der Waals surface area contributed by atoms with Crippen molar-refractivity contribution >= 4 is 28.2 Å². The lowest BCUT2D eigenvalue weighted by Gasteiger charge is -2.14. The van der Waals surface area contributed by atoms with E-state index in [-0.39, 0.29) is 18.1 Å². The smallest absolute Gasteiger partial charge is 0.258 e. The van der Waals surface area contributed by atoms with Crippen molar-refractivity contribution in [1.82, 2.24) is 25.0 Å². The predicted octanol–water partition coefficient (Wildman–Crippen LogP) is 4.56. The molecule has 0 spiro atoms. The SMILES string of the molecule is O=C1CC=C(NC(=O)c2cnn(Cc3ccccc3)c2)C=C1c1cc2cc(OCCN3CCCC3)ccc2[nH]1. The number of benzene rings is 2. The molecule has 39 heavy (non-hydrogen) atoms. The largest absolute Gasteiger partial charge is 0.492 e. The van der Waals surface area contributed by atoms with Gasteiger partial charge in [0.15, 0.2) is 5.78 Å². The second-order valence-electron chi connectivity index (χ2n) is 10.0. The summed E-state index contributed by atoms with van der Waals surface area (Å²) < 4.78 is 7.72. The Labute approximate surface area is 227 Å². The molecule has 0 bridgehead atoms. The van der Waals surface area contributed by atoms with Gasteiger partial charge in [0.1, 0.15) is 12.4 Å². The molecule has 198 valence electrons. The van der Waals surface area contributed by atoms with Crippen LogP contribution < -0.4 is 10.1 Å². The van der Waals surface area contributed by atoms with Crippen LogP contribution in [0.15, 0.2) is 84.8 Å². The maximum atomic E-state index is 12.9. The lowest BCUT2D eigenvalue weighted by Crippen LogP contribution is -2.25. The minimum atomic E-state index is -0.266. The summed E-state index contributed by atoms with van der Waals surface area (Å²) in [5.74, 6) is 0.548. The van der Waals surface area contributed by atoms with Gasteiger partial charge in [0.2, 0.25) is 0 Å². The summed E-state index contributed by atoms with van der Waals surface area (Å²) in [5, 5.41) is 8.22. The highest BCUT2D eigenvalue weighted by atomic mass is 16.5. The van der Waals surface area contributed by atoms with Crippen LogP contribution in [0.25, 0.3) is 16.5 Å². The van der Waals surface area contributed by atoms with E-state index in [1.807, 2.05) is 54.6 Å². The monoisotopic (exact) mass is 521 g/mol. The molecule has 0 radical (unpaired) electrons. The quantitative estimate of drug-likeness (QED) is 0.337. The fourth-order valence-electron chi connectivity index (χ4n) is 5.11. The number of likely N-dealkylation sites (tertiary alicyclic amines) is 1. The van der Waals surface area contributed by atoms with Crippen molar-refractivity contribution in [3.8, 4) is 5.75 Å². The molecule has 2 N–H and O–H groups in total. The van der Waals surface area contributed by atoms with Crippen LogP contribution in [-0.2, 0) is 11.3 Å². The molecular formula is C31H31N5O3. The average Bonchev–Trinajstić information content (AvgIpc) is 3.71. The summed E-state index contributed by atoms with van der Waals surface area (Å²) in [4.78, 5) is 31.5. The van der Waals surface area contributed by atoms with Gasteiger partial charge in [0, 0.05) is 41.3 Å². The van der Waals surface area contributed by atoms with Gasteiger partial charge in [-0.15, -0.1) is 0 Å². The van der Waals surface area contributed by atoms with Crippen molar-refractivity contribution in [2.75, 3.05) is 26.2 Å². The van der Waals surface area contributed by atoms with E-state index in [1.165, 1.54) is 12.8 Å². The molecule has 2 aromatic heterocycles. The van der Waals surface area contributed by atoms with E-state index in [0.717, 1.165) is 47.5 Å². The molecule has 1 saturated heterocycles. The molecule has 4 aromatic rings. The Morgan fingerprint density at radius 1 is 1.08 bits per heavy atom. The minimum absolute atomic E-state index is 0.00248. The van der Waals surface area contributed by atoms with E-state index in [9.17, 15) is 9.59 Å². The number of fused-ring (bicyclic) bond motifs is 1. The number of amides is 1. The number of ketones is 1. The third-order valence-corrected chi connectivity index (χ3v) is 7.21. The van der Waals surface area contributed by atoms with Crippen LogP contribution >= 0.6 is 0 Å². The first-order chi connectivity index (χ1) is 19.1. The lowest BCUT2D eigenvalue weighted by molar-refractivity contribution is -0.113. The first kappa shape index (κ1) is 24.9. The fraction of sp³-hybridized carbons (Fsp3) is 0.258. The summed E-state index contributed by atoms with van der Waals surface area (Å²) in [6.07, 6.45) is 9.52. The van der Waals surface area contributed by atoms with Gasteiger partial charge in [-0.05, 0) is 61.8 Å². The molecule has 0 saturated carbocycles. The number of aromatic nitrogens is 3. The molecule has 6 rings (SSSR count). The molecule has 0 unspecified atom stereocenters. The second-order valence-corrected chi connectivity index (χ2v) is 10.0. The Bertz CT molecular complexity index is 1560. The van der Waals surface area contributed by atoms with Gasteiger partial charge in [0.25, 0.3) is 5.91 Å². The predicted molar refractivity (Wildman–Crippen MR) is 150 cm³/mol. The van der Waals surface area contributed by atoms with E-state index in [1.54, 1.807) is 29.2 Å². The molecule has 1 aliphatic carbocycles. The summed E-state index contributed by atoms with van der Waals surface area (Å²) >= 11 is 0. The van der Waals surface area contributed by atoms with E-state index in [2.05, 4.69) is 20.3 Å². The number of allylic oxidation sites excluding steroid dienone is 3. The van der Waals surface area contributed by atoms with Crippen LogP contribution in [0.3, 0.4) is 0 Å². The Balaban J connectivity index is 1.12. The molecular weight excluding hydrogens is 490 g/mol. The number of carbonyl (C=O) groups is 2. The summed E-state index contributed by atoms with van der Waals surface area (Å²) in [5.41, 5.74) is 4.35. The van der Waals surface area contributed by atoms with Crippen molar-refractivity contribution in [3.05, 3.63) is 102 Å². The third-order valence-electron chi connectivity index (χ3n) is 7.21. The molecule has 1 aliphatic heterocycles. The fourth-order valence-corrected chi connectivity index (χ4v) is 5.11. The van der Waals surface area contributed by atoms with Crippen molar-refractivity contribution < 1.29 is 14.3 Å². The highest BCUT2D eigenvalue weighted by Crippen LogP contribution is 2.28. The van der Waals surface area contributed by atoms with Crippen molar-refractivity contribution in [2.45, 2.75) is 25.8 Å². The third kappa shape index (κ3) is 5.86. The first-order valence-electron chi connectivity index (χ1n) is 13.4. The zero-order valence-electron chi connectivity index (χ0n) is 21.7. The molecule has 2 aromatic carbocycles. The van der Waals surface area contributed by atoms with Crippen LogP contribution in [0.5, 0.6) is 5.75 Å². The number of hydrogen-bond acceptors (Lipinski definition) is 5. The zero-order valence-corrected chi connectivity index (χ0v) is 21.7. The van der Waals surface area contributed by atoms with Crippen LogP contribution in [-0.4, -0.2) is 57.6 Å². The highest BCUT2D eigenvalue weighted by Gasteiger charge is 2.20. The van der Waals surface area contributed by atoms with E-state index in [4.69, 9.17) is 4.74 Å². The minimum Gasteiger partial charge on any atom is -0.492 e. The maximum Gasteiger partial charge on any atom is 0.258 e. The standard InChI is InChI=1S/C31H31N5O3/c37-30-11-8-25(33-31(38)24-19-32-36(21-24)20-22-6-2-1-3-7-22)18-27(30)29-17-23-16-26(9-10-28(23)34-29)39-15-14-35-12-4-5-13-35/h1-3,6-10,16-19,21,34H,4-5,11-15,20H2,(H,33,38). The number of nitrogens with one attached hydrogen (secondary N) is 2. The molecule has 0 atom stereocenters. The number of ether oxygens (including phenoxy) is 1. The highest BCUT2D eigenvalue weighted by molar-refractivity contribution is 6.23. The molecule has 1 amide bonds.